The smallest absolute Gasteiger partial charge is 0.221 e. The SMILES string of the molecule is O=C(CCSc1ccc(Cl)cc1)NCc1ccc(F)cc1. The number of hydrogen-bond acceptors (Lipinski definition) is 2. The Morgan fingerprint density at radius 2 is 1.76 bits per heavy atom. The zero-order chi connectivity index (χ0) is 15.1. The summed E-state index contributed by atoms with van der Waals surface area (Å²) in [6.45, 7) is 0.421. The highest BCUT2D eigenvalue weighted by molar-refractivity contribution is 7.99. The van der Waals surface area contributed by atoms with Gasteiger partial charge in [0.25, 0.3) is 0 Å². The van der Waals surface area contributed by atoms with E-state index in [4.69, 9.17) is 11.6 Å². The number of thioether (sulfide) groups is 1. The summed E-state index contributed by atoms with van der Waals surface area (Å²) in [5.74, 6) is 0.418. The molecule has 0 saturated heterocycles. The zero-order valence-electron chi connectivity index (χ0n) is 11.3. The van der Waals surface area contributed by atoms with Crippen LogP contribution in [0.4, 0.5) is 4.39 Å². The molecule has 2 nitrogen and oxygen atoms in total. The van der Waals surface area contributed by atoms with Crippen LogP contribution >= 0.6 is 23.4 Å². The Bertz CT molecular complexity index is 586. The lowest BCUT2D eigenvalue weighted by atomic mass is 10.2. The monoisotopic (exact) mass is 323 g/mol. The second-order valence-corrected chi connectivity index (χ2v) is 6.06. The van der Waals surface area contributed by atoms with Gasteiger partial charge in [-0.3, -0.25) is 4.79 Å². The largest absolute Gasteiger partial charge is 0.352 e. The van der Waals surface area contributed by atoms with Crippen molar-refractivity contribution < 1.29 is 9.18 Å². The van der Waals surface area contributed by atoms with Crippen LogP contribution in [0.5, 0.6) is 0 Å². The standard InChI is InChI=1S/C16H15ClFNOS/c17-13-3-7-15(8-4-13)21-10-9-16(20)19-11-12-1-5-14(18)6-2-12/h1-8H,9-11H2,(H,19,20). The van der Waals surface area contributed by atoms with Crippen molar-refractivity contribution in [2.45, 2.75) is 17.9 Å². The first kappa shape index (κ1) is 15.9. The Morgan fingerprint density at radius 3 is 2.43 bits per heavy atom. The average molecular weight is 324 g/mol. The fourth-order valence-corrected chi connectivity index (χ4v) is 2.66. The molecule has 1 N–H and O–H groups in total. The minimum Gasteiger partial charge on any atom is -0.352 e. The van der Waals surface area contributed by atoms with E-state index in [2.05, 4.69) is 5.32 Å². The van der Waals surface area contributed by atoms with Crippen molar-refractivity contribution >= 4 is 29.3 Å². The van der Waals surface area contributed by atoms with Crippen LogP contribution in [0.25, 0.3) is 0 Å². The second kappa shape index (κ2) is 8.05. The molecule has 5 heteroatoms. The number of rotatable bonds is 6. The zero-order valence-corrected chi connectivity index (χ0v) is 12.9. The molecule has 2 aromatic carbocycles. The maximum Gasteiger partial charge on any atom is 0.221 e. The third-order valence-electron chi connectivity index (χ3n) is 2.81. The highest BCUT2D eigenvalue weighted by atomic mass is 35.5. The molecule has 0 bridgehead atoms. The molecule has 0 aliphatic rings. The maximum absolute atomic E-state index is 12.7. The molecule has 0 unspecified atom stereocenters. The van der Waals surface area contributed by atoms with Gasteiger partial charge in [0.15, 0.2) is 0 Å². The van der Waals surface area contributed by atoms with E-state index in [0.29, 0.717) is 23.7 Å². The quantitative estimate of drug-likeness (QED) is 0.804. The van der Waals surface area contributed by atoms with Crippen LogP contribution in [0.3, 0.4) is 0 Å². The van der Waals surface area contributed by atoms with E-state index in [-0.39, 0.29) is 11.7 Å². The van der Waals surface area contributed by atoms with E-state index in [1.807, 2.05) is 24.3 Å². The van der Waals surface area contributed by atoms with Crippen LogP contribution < -0.4 is 5.32 Å². The maximum atomic E-state index is 12.7. The molecule has 0 saturated carbocycles. The van der Waals surface area contributed by atoms with Gasteiger partial charge in [0.2, 0.25) is 5.91 Å². The number of benzene rings is 2. The summed E-state index contributed by atoms with van der Waals surface area (Å²) in [6, 6.07) is 13.6. The molecule has 0 atom stereocenters. The van der Waals surface area contributed by atoms with Gasteiger partial charge in [-0.25, -0.2) is 4.39 Å². The number of carbonyl (C=O) groups is 1. The molecule has 0 aromatic heterocycles. The number of hydrogen-bond donors (Lipinski definition) is 1. The van der Waals surface area contributed by atoms with Gasteiger partial charge >= 0.3 is 0 Å². The van der Waals surface area contributed by atoms with E-state index in [1.165, 1.54) is 12.1 Å². The minimum absolute atomic E-state index is 0.0132. The summed E-state index contributed by atoms with van der Waals surface area (Å²) < 4.78 is 12.7. The van der Waals surface area contributed by atoms with Gasteiger partial charge in [-0.05, 0) is 42.0 Å². The molecule has 110 valence electrons. The molecular weight excluding hydrogens is 309 g/mol. The van der Waals surface area contributed by atoms with Crippen molar-refractivity contribution in [1.29, 1.82) is 0 Å². The molecule has 0 radical (unpaired) electrons. The highest BCUT2D eigenvalue weighted by Crippen LogP contribution is 2.20. The minimum atomic E-state index is -0.274. The summed E-state index contributed by atoms with van der Waals surface area (Å²) in [6.07, 6.45) is 0.439. The number of halogens is 2. The molecule has 1 amide bonds. The lowest BCUT2D eigenvalue weighted by molar-refractivity contribution is -0.120. The predicted octanol–water partition coefficient (Wildman–Crippen LogP) is 4.28. The molecule has 2 rings (SSSR count). The van der Waals surface area contributed by atoms with Gasteiger partial charge in [-0.1, -0.05) is 23.7 Å². The Kier molecular flexibility index (Phi) is 6.08. The molecule has 0 spiro atoms. The summed E-state index contributed by atoms with van der Waals surface area (Å²) in [7, 11) is 0. The first-order valence-electron chi connectivity index (χ1n) is 6.53. The van der Waals surface area contributed by atoms with Crippen molar-refractivity contribution in [3.05, 3.63) is 64.9 Å². The third-order valence-corrected chi connectivity index (χ3v) is 4.08. The lowest BCUT2D eigenvalue weighted by Crippen LogP contribution is -2.22. The van der Waals surface area contributed by atoms with Crippen LogP contribution in [0, 0.1) is 5.82 Å². The molecule has 0 fully saturated rings. The molecule has 21 heavy (non-hydrogen) atoms. The molecule has 0 aliphatic carbocycles. The lowest BCUT2D eigenvalue weighted by Gasteiger charge is -2.05. The van der Waals surface area contributed by atoms with Gasteiger partial charge in [0, 0.05) is 28.6 Å². The number of carbonyl (C=O) groups excluding carboxylic acids is 1. The van der Waals surface area contributed by atoms with E-state index < -0.39 is 0 Å². The molecule has 2 aromatic rings. The van der Waals surface area contributed by atoms with E-state index >= 15 is 0 Å². The Morgan fingerprint density at radius 1 is 1.10 bits per heavy atom. The summed E-state index contributed by atoms with van der Waals surface area (Å²) >= 11 is 7.42. The van der Waals surface area contributed by atoms with E-state index in [0.717, 1.165) is 10.5 Å². The first-order chi connectivity index (χ1) is 10.1. The summed E-state index contributed by atoms with van der Waals surface area (Å²) in [4.78, 5) is 12.8. The van der Waals surface area contributed by atoms with Gasteiger partial charge in [0.05, 0.1) is 0 Å². The fourth-order valence-electron chi connectivity index (χ4n) is 1.68. The van der Waals surface area contributed by atoms with Crippen molar-refractivity contribution in [3.8, 4) is 0 Å². The van der Waals surface area contributed by atoms with Crippen LogP contribution in [0.15, 0.2) is 53.4 Å². The predicted molar refractivity (Wildman–Crippen MR) is 85.0 cm³/mol. The Labute approximate surface area is 132 Å². The normalized spacial score (nSPS) is 10.4. The summed E-state index contributed by atoms with van der Waals surface area (Å²) in [5.41, 5.74) is 0.884. The number of nitrogens with one attached hydrogen (secondary N) is 1. The van der Waals surface area contributed by atoms with E-state index in [9.17, 15) is 9.18 Å². The van der Waals surface area contributed by atoms with Crippen molar-refractivity contribution in [2.24, 2.45) is 0 Å². The first-order valence-corrected chi connectivity index (χ1v) is 7.89. The van der Waals surface area contributed by atoms with Gasteiger partial charge in [-0.15, -0.1) is 11.8 Å². The summed E-state index contributed by atoms with van der Waals surface area (Å²) in [5, 5.41) is 3.52. The Hall–Kier alpha value is -1.52. The van der Waals surface area contributed by atoms with E-state index in [1.54, 1.807) is 23.9 Å². The van der Waals surface area contributed by atoms with Crippen LogP contribution in [0.1, 0.15) is 12.0 Å². The number of amides is 1. The second-order valence-electron chi connectivity index (χ2n) is 4.46. The molecule has 0 aliphatic heterocycles. The van der Waals surface area contributed by atoms with Crippen molar-refractivity contribution in [3.63, 3.8) is 0 Å². The van der Waals surface area contributed by atoms with Crippen LogP contribution in [-0.2, 0) is 11.3 Å². The third kappa shape index (κ3) is 5.78. The van der Waals surface area contributed by atoms with Crippen molar-refractivity contribution in [1.82, 2.24) is 5.32 Å². The topological polar surface area (TPSA) is 29.1 Å². The van der Waals surface area contributed by atoms with Crippen LogP contribution in [0.2, 0.25) is 5.02 Å². The molecular formula is C16H15ClFNOS. The van der Waals surface area contributed by atoms with Gasteiger partial charge in [0.1, 0.15) is 5.82 Å². The average Bonchev–Trinajstić information content (AvgIpc) is 2.49. The van der Waals surface area contributed by atoms with Gasteiger partial charge < -0.3 is 5.32 Å². The van der Waals surface area contributed by atoms with Crippen molar-refractivity contribution in [2.75, 3.05) is 5.75 Å². The Balaban J connectivity index is 1.67. The van der Waals surface area contributed by atoms with Gasteiger partial charge in [-0.2, -0.15) is 0 Å². The molecule has 0 heterocycles. The fraction of sp³-hybridized carbons (Fsp3) is 0.188. The highest BCUT2D eigenvalue weighted by Gasteiger charge is 2.02. The van der Waals surface area contributed by atoms with Crippen LogP contribution in [-0.4, -0.2) is 11.7 Å².